The number of aromatic nitrogens is 1. The molecule has 1 rings (SSSR count). The molecule has 74 valence electrons. The number of thiazole rings is 1. The maximum Gasteiger partial charge on any atom is 0.107 e. The highest BCUT2D eigenvalue weighted by atomic mass is 79.9. The van der Waals surface area contributed by atoms with Crippen molar-refractivity contribution < 1.29 is 0 Å². The van der Waals surface area contributed by atoms with Crippen LogP contribution >= 0.6 is 27.3 Å². The summed E-state index contributed by atoms with van der Waals surface area (Å²) >= 11 is 5.49. The first-order valence-corrected chi connectivity index (χ1v) is 6.13. The van der Waals surface area contributed by atoms with E-state index >= 15 is 0 Å². The van der Waals surface area contributed by atoms with Crippen LogP contribution in [0.25, 0.3) is 0 Å². The number of hydrogen-bond donors (Lipinski definition) is 0. The smallest absolute Gasteiger partial charge is 0.107 e. The van der Waals surface area contributed by atoms with Gasteiger partial charge in [-0.3, -0.25) is 0 Å². The second kappa shape index (κ2) is 3.70. The van der Waals surface area contributed by atoms with E-state index in [4.69, 9.17) is 0 Å². The average Bonchev–Trinajstić information content (AvgIpc) is 2.29. The van der Waals surface area contributed by atoms with Gasteiger partial charge in [-0.1, -0.05) is 36.7 Å². The predicted octanol–water partition coefficient (Wildman–Crippen LogP) is 4.24. The quantitative estimate of drug-likeness (QED) is 0.690. The van der Waals surface area contributed by atoms with E-state index in [1.807, 2.05) is 0 Å². The van der Waals surface area contributed by atoms with E-state index in [-0.39, 0.29) is 5.41 Å². The van der Waals surface area contributed by atoms with Crippen LogP contribution in [0.2, 0.25) is 0 Å². The van der Waals surface area contributed by atoms with Gasteiger partial charge < -0.3 is 0 Å². The normalized spacial score (nSPS) is 14.6. The first-order chi connectivity index (χ1) is 5.82. The number of alkyl halides is 1. The highest BCUT2D eigenvalue weighted by Crippen LogP contribution is 2.41. The number of halogens is 1. The van der Waals surface area contributed by atoms with E-state index in [0.29, 0.717) is 4.83 Å². The molecule has 0 saturated carbocycles. The Labute approximate surface area is 92.7 Å². The van der Waals surface area contributed by atoms with Crippen LogP contribution in [-0.4, -0.2) is 4.98 Å². The highest BCUT2D eigenvalue weighted by Gasteiger charge is 2.26. The standard InChI is InChI=1S/C10H16BrNS/c1-6-7(2)13-9(12-6)8(11)10(3,4)5/h8H,1-5H3. The van der Waals surface area contributed by atoms with Crippen LogP contribution in [-0.2, 0) is 0 Å². The molecule has 0 N–H and O–H groups in total. The summed E-state index contributed by atoms with van der Waals surface area (Å²) in [6, 6.07) is 0. The largest absolute Gasteiger partial charge is 0.245 e. The van der Waals surface area contributed by atoms with Gasteiger partial charge in [-0.2, -0.15) is 0 Å². The van der Waals surface area contributed by atoms with E-state index in [1.54, 1.807) is 11.3 Å². The molecule has 0 aromatic carbocycles. The van der Waals surface area contributed by atoms with E-state index in [2.05, 4.69) is 55.5 Å². The van der Waals surface area contributed by atoms with Crippen molar-refractivity contribution in [3.05, 3.63) is 15.6 Å². The molecule has 1 atom stereocenters. The number of rotatable bonds is 1. The monoisotopic (exact) mass is 261 g/mol. The third-order valence-corrected chi connectivity index (χ3v) is 5.27. The van der Waals surface area contributed by atoms with Crippen molar-refractivity contribution in [3.63, 3.8) is 0 Å². The topological polar surface area (TPSA) is 12.9 Å². The van der Waals surface area contributed by atoms with Crippen molar-refractivity contribution in [1.29, 1.82) is 0 Å². The van der Waals surface area contributed by atoms with Crippen molar-refractivity contribution in [2.45, 2.75) is 39.4 Å². The SMILES string of the molecule is Cc1nc(C(Br)C(C)(C)C)sc1C. The molecule has 1 aromatic rings. The van der Waals surface area contributed by atoms with Crippen LogP contribution < -0.4 is 0 Å². The molecule has 0 aliphatic rings. The lowest BCUT2D eigenvalue weighted by atomic mass is 9.93. The summed E-state index contributed by atoms with van der Waals surface area (Å²) in [5.74, 6) is 0. The molecule has 3 heteroatoms. The molecule has 0 aliphatic heterocycles. The minimum Gasteiger partial charge on any atom is -0.245 e. The zero-order chi connectivity index (χ0) is 10.2. The van der Waals surface area contributed by atoms with Crippen LogP contribution in [0, 0.1) is 19.3 Å². The number of nitrogens with zero attached hydrogens (tertiary/aromatic N) is 1. The van der Waals surface area contributed by atoms with Crippen molar-refractivity contribution in [2.75, 3.05) is 0 Å². The Bertz CT molecular complexity index is 279. The summed E-state index contributed by atoms with van der Waals surface area (Å²) in [6.07, 6.45) is 0. The van der Waals surface area contributed by atoms with Gasteiger partial charge in [0.2, 0.25) is 0 Å². The lowest BCUT2D eigenvalue weighted by Crippen LogP contribution is -2.12. The van der Waals surface area contributed by atoms with Crippen LogP contribution in [0.4, 0.5) is 0 Å². The molecule has 0 amide bonds. The third-order valence-electron chi connectivity index (χ3n) is 2.02. The Hall–Kier alpha value is 0.110. The second-order valence-electron chi connectivity index (χ2n) is 4.42. The maximum absolute atomic E-state index is 4.55. The molecule has 1 nitrogen and oxygen atoms in total. The van der Waals surface area contributed by atoms with Gasteiger partial charge in [0.05, 0.1) is 10.5 Å². The number of hydrogen-bond acceptors (Lipinski definition) is 2. The van der Waals surface area contributed by atoms with Crippen molar-refractivity contribution in [2.24, 2.45) is 5.41 Å². The first-order valence-electron chi connectivity index (χ1n) is 4.40. The molecule has 1 aromatic heterocycles. The minimum absolute atomic E-state index is 0.233. The van der Waals surface area contributed by atoms with E-state index in [0.717, 1.165) is 5.69 Å². The summed E-state index contributed by atoms with van der Waals surface area (Å²) < 4.78 is 0. The molecule has 0 bridgehead atoms. The molecule has 1 unspecified atom stereocenters. The predicted molar refractivity (Wildman–Crippen MR) is 62.7 cm³/mol. The van der Waals surface area contributed by atoms with Crippen molar-refractivity contribution in [3.8, 4) is 0 Å². The molecule has 1 heterocycles. The molecule has 0 radical (unpaired) electrons. The zero-order valence-corrected chi connectivity index (χ0v) is 11.2. The minimum atomic E-state index is 0.233. The molecular formula is C10H16BrNS. The van der Waals surface area contributed by atoms with E-state index < -0.39 is 0 Å². The molecule has 0 aliphatic carbocycles. The maximum atomic E-state index is 4.55. The zero-order valence-electron chi connectivity index (χ0n) is 8.81. The van der Waals surface area contributed by atoms with Gasteiger partial charge in [0, 0.05) is 4.88 Å². The van der Waals surface area contributed by atoms with Crippen LogP contribution in [0.15, 0.2) is 0 Å². The summed E-state index contributed by atoms with van der Waals surface area (Å²) in [4.78, 5) is 6.23. The fraction of sp³-hybridized carbons (Fsp3) is 0.700. The van der Waals surface area contributed by atoms with Crippen LogP contribution in [0.1, 0.15) is 41.2 Å². The third kappa shape index (κ3) is 2.53. The van der Waals surface area contributed by atoms with Gasteiger partial charge in [0.25, 0.3) is 0 Å². The van der Waals surface area contributed by atoms with Gasteiger partial charge in [-0.05, 0) is 19.3 Å². The first kappa shape index (κ1) is 11.2. The van der Waals surface area contributed by atoms with Gasteiger partial charge in [-0.25, -0.2) is 4.98 Å². The molecule has 0 saturated heterocycles. The Balaban J connectivity index is 2.96. The van der Waals surface area contributed by atoms with E-state index in [1.165, 1.54) is 9.88 Å². The summed E-state index contributed by atoms with van der Waals surface area (Å²) in [6.45, 7) is 10.9. The van der Waals surface area contributed by atoms with Gasteiger partial charge in [0.1, 0.15) is 5.01 Å². The second-order valence-corrected chi connectivity index (χ2v) is 6.57. The van der Waals surface area contributed by atoms with Gasteiger partial charge in [0.15, 0.2) is 0 Å². The lowest BCUT2D eigenvalue weighted by molar-refractivity contribution is 0.406. The number of aryl methyl sites for hydroxylation is 2. The molecule has 13 heavy (non-hydrogen) atoms. The fourth-order valence-electron chi connectivity index (χ4n) is 0.976. The highest BCUT2D eigenvalue weighted by molar-refractivity contribution is 9.09. The molecule has 0 fully saturated rings. The Morgan fingerprint density at radius 3 is 2.15 bits per heavy atom. The Morgan fingerprint density at radius 1 is 1.31 bits per heavy atom. The van der Waals surface area contributed by atoms with E-state index in [9.17, 15) is 0 Å². The summed E-state index contributed by atoms with van der Waals surface area (Å²) in [5.41, 5.74) is 1.39. The summed E-state index contributed by atoms with van der Waals surface area (Å²) in [5, 5.41) is 1.20. The van der Waals surface area contributed by atoms with Gasteiger partial charge >= 0.3 is 0 Å². The average molecular weight is 262 g/mol. The fourth-order valence-corrected chi connectivity index (χ4v) is 2.51. The van der Waals surface area contributed by atoms with Crippen LogP contribution in [0.5, 0.6) is 0 Å². The lowest BCUT2D eigenvalue weighted by Gasteiger charge is -2.23. The van der Waals surface area contributed by atoms with Crippen molar-refractivity contribution in [1.82, 2.24) is 4.98 Å². The Kier molecular flexibility index (Phi) is 3.18. The van der Waals surface area contributed by atoms with Gasteiger partial charge in [-0.15, -0.1) is 11.3 Å². The summed E-state index contributed by atoms with van der Waals surface area (Å²) in [7, 11) is 0. The van der Waals surface area contributed by atoms with Crippen LogP contribution in [0.3, 0.4) is 0 Å². The Morgan fingerprint density at radius 2 is 1.85 bits per heavy atom. The molecule has 0 spiro atoms. The van der Waals surface area contributed by atoms with Crippen molar-refractivity contribution >= 4 is 27.3 Å². The molecular weight excluding hydrogens is 246 g/mol.